The SMILES string of the molecule is COc1cccc(S(=O)(=O)CCN2CCN(Cc3ccccc3)C(C)(C)C2)c1. The molecule has 0 N–H and O–H groups in total. The van der Waals surface area contributed by atoms with Crippen molar-refractivity contribution in [1.29, 1.82) is 0 Å². The van der Waals surface area contributed by atoms with Gasteiger partial charge in [0.2, 0.25) is 0 Å². The molecule has 2 aromatic carbocycles. The average molecular weight is 403 g/mol. The molecule has 5 nitrogen and oxygen atoms in total. The third kappa shape index (κ3) is 5.13. The topological polar surface area (TPSA) is 49.9 Å². The van der Waals surface area contributed by atoms with Crippen molar-refractivity contribution in [1.82, 2.24) is 9.80 Å². The van der Waals surface area contributed by atoms with E-state index in [1.807, 2.05) is 6.07 Å². The van der Waals surface area contributed by atoms with E-state index in [1.54, 1.807) is 31.4 Å². The van der Waals surface area contributed by atoms with Gasteiger partial charge in [0.25, 0.3) is 0 Å². The summed E-state index contributed by atoms with van der Waals surface area (Å²) in [7, 11) is -1.78. The lowest BCUT2D eigenvalue weighted by Crippen LogP contribution is -2.59. The number of hydrogen-bond acceptors (Lipinski definition) is 5. The van der Waals surface area contributed by atoms with Gasteiger partial charge in [0.15, 0.2) is 9.84 Å². The van der Waals surface area contributed by atoms with Crippen LogP contribution in [0.4, 0.5) is 0 Å². The molecular weight excluding hydrogens is 372 g/mol. The van der Waals surface area contributed by atoms with Gasteiger partial charge in [0.05, 0.1) is 17.8 Å². The average Bonchev–Trinajstić information content (AvgIpc) is 2.69. The van der Waals surface area contributed by atoms with Crippen molar-refractivity contribution in [2.45, 2.75) is 30.8 Å². The van der Waals surface area contributed by atoms with Crippen LogP contribution in [0.5, 0.6) is 5.75 Å². The Balaban J connectivity index is 1.59. The summed E-state index contributed by atoms with van der Waals surface area (Å²) >= 11 is 0. The number of sulfone groups is 1. The first-order valence-electron chi connectivity index (χ1n) is 9.68. The van der Waals surface area contributed by atoms with Crippen molar-refractivity contribution >= 4 is 9.84 Å². The highest BCUT2D eigenvalue weighted by Gasteiger charge is 2.33. The molecule has 0 aliphatic carbocycles. The van der Waals surface area contributed by atoms with Gasteiger partial charge in [-0.05, 0) is 37.6 Å². The van der Waals surface area contributed by atoms with E-state index in [2.05, 4.69) is 47.9 Å². The Kier molecular flexibility index (Phi) is 6.43. The van der Waals surface area contributed by atoms with Gasteiger partial charge in [0, 0.05) is 38.3 Å². The van der Waals surface area contributed by atoms with Crippen LogP contribution in [0.25, 0.3) is 0 Å². The molecule has 1 heterocycles. The fraction of sp³-hybridized carbons (Fsp3) is 0.455. The van der Waals surface area contributed by atoms with Crippen LogP contribution in [-0.2, 0) is 16.4 Å². The first-order chi connectivity index (χ1) is 13.3. The standard InChI is InChI=1S/C22H30N2O3S/c1-22(2)18-23(12-13-24(22)17-19-8-5-4-6-9-19)14-15-28(25,26)21-11-7-10-20(16-21)27-3/h4-11,16H,12-15,17-18H2,1-3H3. The van der Waals surface area contributed by atoms with Crippen LogP contribution in [0.1, 0.15) is 19.4 Å². The second-order valence-corrected chi connectivity index (χ2v) is 10.1. The zero-order chi connectivity index (χ0) is 20.2. The summed E-state index contributed by atoms with van der Waals surface area (Å²) in [5.41, 5.74) is 1.30. The number of hydrogen-bond donors (Lipinski definition) is 0. The minimum Gasteiger partial charge on any atom is -0.497 e. The third-order valence-corrected chi connectivity index (χ3v) is 7.14. The monoisotopic (exact) mass is 402 g/mol. The number of rotatable bonds is 7. The van der Waals surface area contributed by atoms with Crippen LogP contribution < -0.4 is 4.74 Å². The largest absolute Gasteiger partial charge is 0.497 e. The molecule has 1 aliphatic heterocycles. The zero-order valence-corrected chi connectivity index (χ0v) is 17.8. The summed E-state index contributed by atoms with van der Waals surface area (Å²) < 4.78 is 30.6. The van der Waals surface area contributed by atoms with Gasteiger partial charge in [0.1, 0.15) is 5.75 Å². The van der Waals surface area contributed by atoms with Crippen LogP contribution in [0.2, 0.25) is 0 Å². The fourth-order valence-electron chi connectivity index (χ4n) is 3.74. The van der Waals surface area contributed by atoms with Gasteiger partial charge in [-0.3, -0.25) is 9.80 Å². The first-order valence-corrected chi connectivity index (χ1v) is 11.3. The van der Waals surface area contributed by atoms with Crippen molar-refractivity contribution in [3.05, 3.63) is 60.2 Å². The van der Waals surface area contributed by atoms with Crippen molar-refractivity contribution in [3.63, 3.8) is 0 Å². The lowest BCUT2D eigenvalue weighted by molar-refractivity contribution is 0.0165. The van der Waals surface area contributed by atoms with Gasteiger partial charge in [-0.2, -0.15) is 0 Å². The van der Waals surface area contributed by atoms with Gasteiger partial charge < -0.3 is 4.74 Å². The Morgan fingerprint density at radius 2 is 1.79 bits per heavy atom. The minimum atomic E-state index is -3.33. The molecule has 1 aliphatic rings. The van der Waals surface area contributed by atoms with Gasteiger partial charge in [-0.15, -0.1) is 0 Å². The van der Waals surface area contributed by atoms with E-state index in [1.165, 1.54) is 5.56 Å². The molecule has 28 heavy (non-hydrogen) atoms. The summed E-state index contributed by atoms with van der Waals surface area (Å²) in [6.07, 6.45) is 0. The highest BCUT2D eigenvalue weighted by Crippen LogP contribution is 2.24. The van der Waals surface area contributed by atoms with E-state index in [9.17, 15) is 8.42 Å². The molecule has 2 aromatic rings. The Labute approximate surface area is 168 Å². The molecule has 6 heteroatoms. The normalized spacial score (nSPS) is 18.1. The summed E-state index contributed by atoms with van der Waals surface area (Å²) in [4.78, 5) is 5.07. The highest BCUT2D eigenvalue weighted by atomic mass is 32.2. The van der Waals surface area contributed by atoms with Crippen molar-refractivity contribution in [2.24, 2.45) is 0 Å². The summed E-state index contributed by atoms with van der Waals surface area (Å²) in [5, 5.41) is 0. The molecule has 3 rings (SSSR count). The first kappa shape index (κ1) is 20.8. The van der Waals surface area contributed by atoms with Crippen LogP contribution in [0.3, 0.4) is 0 Å². The lowest BCUT2D eigenvalue weighted by atomic mass is 9.98. The maximum atomic E-state index is 12.7. The van der Waals surface area contributed by atoms with Gasteiger partial charge in [-0.25, -0.2) is 8.42 Å². The maximum absolute atomic E-state index is 12.7. The number of piperazine rings is 1. The molecule has 0 amide bonds. The molecule has 0 bridgehead atoms. The van der Waals surface area contributed by atoms with Crippen LogP contribution in [0.15, 0.2) is 59.5 Å². The molecule has 0 radical (unpaired) electrons. The molecule has 1 saturated heterocycles. The Morgan fingerprint density at radius 3 is 2.46 bits per heavy atom. The third-order valence-electron chi connectivity index (χ3n) is 5.45. The molecule has 0 unspecified atom stereocenters. The van der Waals surface area contributed by atoms with Gasteiger partial charge in [-0.1, -0.05) is 36.4 Å². The molecule has 0 atom stereocenters. The second kappa shape index (κ2) is 8.64. The predicted molar refractivity (Wildman–Crippen MR) is 112 cm³/mol. The molecular formula is C22H30N2O3S. The van der Waals surface area contributed by atoms with E-state index >= 15 is 0 Å². The molecule has 152 valence electrons. The molecule has 0 aromatic heterocycles. The number of methoxy groups -OCH3 is 1. The summed E-state index contributed by atoms with van der Waals surface area (Å²) in [6, 6.07) is 17.2. The number of nitrogens with zero attached hydrogens (tertiary/aromatic N) is 2. The smallest absolute Gasteiger partial charge is 0.179 e. The summed E-state index contributed by atoms with van der Waals surface area (Å²) in [6.45, 7) is 8.60. The Hall–Kier alpha value is -1.89. The number of ether oxygens (including phenoxy) is 1. The maximum Gasteiger partial charge on any atom is 0.179 e. The molecule has 1 fully saturated rings. The van der Waals surface area contributed by atoms with Crippen molar-refractivity contribution in [2.75, 3.05) is 39.0 Å². The highest BCUT2D eigenvalue weighted by molar-refractivity contribution is 7.91. The Bertz CT molecular complexity index is 882. The van der Waals surface area contributed by atoms with E-state index < -0.39 is 9.84 Å². The quantitative estimate of drug-likeness (QED) is 0.712. The van der Waals surface area contributed by atoms with Crippen LogP contribution in [0, 0.1) is 0 Å². The fourth-order valence-corrected chi connectivity index (χ4v) is 5.06. The van der Waals surface area contributed by atoms with E-state index in [-0.39, 0.29) is 11.3 Å². The number of benzene rings is 2. The van der Waals surface area contributed by atoms with E-state index in [0.717, 1.165) is 26.2 Å². The van der Waals surface area contributed by atoms with Crippen molar-refractivity contribution < 1.29 is 13.2 Å². The van der Waals surface area contributed by atoms with E-state index in [0.29, 0.717) is 17.2 Å². The van der Waals surface area contributed by atoms with Gasteiger partial charge >= 0.3 is 0 Å². The predicted octanol–water partition coefficient (Wildman–Crippen LogP) is 3.07. The van der Waals surface area contributed by atoms with Crippen LogP contribution >= 0.6 is 0 Å². The second-order valence-electron chi connectivity index (χ2n) is 7.99. The summed E-state index contributed by atoms with van der Waals surface area (Å²) in [5.74, 6) is 0.686. The van der Waals surface area contributed by atoms with E-state index in [4.69, 9.17) is 4.74 Å². The lowest BCUT2D eigenvalue weighted by Gasteiger charge is -2.47. The minimum absolute atomic E-state index is 0.00613. The zero-order valence-electron chi connectivity index (χ0n) is 17.0. The molecule has 0 saturated carbocycles. The van der Waals surface area contributed by atoms with Crippen molar-refractivity contribution in [3.8, 4) is 5.75 Å². The molecule has 0 spiro atoms. The van der Waals surface area contributed by atoms with Crippen LogP contribution in [-0.4, -0.2) is 62.8 Å². The Morgan fingerprint density at radius 1 is 1.04 bits per heavy atom.